The van der Waals surface area contributed by atoms with Crippen LogP contribution in [-0.4, -0.2) is 29.3 Å². The van der Waals surface area contributed by atoms with Gasteiger partial charge in [0.05, 0.1) is 22.8 Å². The van der Waals surface area contributed by atoms with Crippen LogP contribution in [0.5, 0.6) is 0 Å². The Hall–Kier alpha value is -2.51. The van der Waals surface area contributed by atoms with Crippen molar-refractivity contribution in [3.63, 3.8) is 0 Å². The summed E-state index contributed by atoms with van der Waals surface area (Å²) >= 11 is 1.01. The molecule has 1 aliphatic heterocycles. The molecule has 0 saturated carbocycles. The van der Waals surface area contributed by atoms with Crippen molar-refractivity contribution in [1.82, 2.24) is 0 Å². The molecule has 7 heteroatoms. The van der Waals surface area contributed by atoms with Gasteiger partial charge in [-0.15, -0.1) is 11.8 Å². The van der Waals surface area contributed by atoms with Gasteiger partial charge in [0, 0.05) is 5.75 Å². The number of aliphatic hydroxyl groups is 1. The third kappa shape index (κ3) is 3.20. The first-order chi connectivity index (χ1) is 12.0. The number of nitrogens with zero attached hydrogens (tertiary/aromatic N) is 1. The van der Waals surface area contributed by atoms with Gasteiger partial charge in [-0.2, -0.15) is 0 Å². The van der Waals surface area contributed by atoms with Crippen LogP contribution in [0.2, 0.25) is 0 Å². The van der Waals surface area contributed by atoms with Crippen LogP contribution in [0.25, 0.3) is 5.57 Å². The maximum atomic E-state index is 14.1. The zero-order valence-electron chi connectivity index (χ0n) is 12.9. The van der Waals surface area contributed by atoms with Gasteiger partial charge in [0.1, 0.15) is 11.6 Å². The molecule has 0 atom stereocenters. The second-order valence-electron chi connectivity index (χ2n) is 5.18. The Balaban J connectivity index is 2.09. The van der Waals surface area contributed by atoms with Crippen LogP contribution in [0.4, 0.5) is 14.5 Å². The minimum Gasteiger partial charge on any atom is -0.396 e. The summed E-state index contributed by atoms with van der Waals surface area (Å²) in [5.74, 6) is -2.31. The summed E-state index contributed by atoms with van der Waals surface area (Å²) in [4.78, 5) is 26.4. The van der Waals surface area contributed by atoms with Gasteiger partial charge in [0.15, 0.2) is 0 Å². The molecule has 2 amide bonds. The summed E-state index contributed by atoms with van der Waals surface area (Å²) in [5, 5.41) is 9.04. The Labute approximate surface area is 146 Å². The summed E-state index contributed by atoms with van der Waals surface area (Å²) in [6.07, 6.45) is 0. The molecule has 0 aromatic heterocycles. The van der Waals surface area contributed by atoms with Crippen LogP contribution in [0.3, 0.4) is 0 Å². The van der Waals surface area contributed by atoms with E-state index in [4.69, 9.17) is 5.11 Å². The molecule has 128 valence electrons. The number of aliphatic hydroxyl groups excluding tert-OH is 1. The summed E-state index contributed by atoms with van der Waals surface area (Å²) in [5.41, 5.74) is 0.294. The lowest BCUT2D eigenvalue weighted by Crippen LogP contribution is -2.32. The first kappa shape index (κ1) is 17.3. The Morgan fingerprint density at radius 2 is 1.64 bits per heavy atom. The molecule has 0 aliphatic carbocycles. The molecule has 0 spiro atoms. The third-order valence-corrected chi connectivity index (χ3v) is 4.66. The Morgan fingerprint density at radius 3 is 2.28 bits per heavy atom. The molecule has 0 fully saturated rings. The van der Waals surface area contributed by atoms with Crippen molar-refractivity contribution in [2.75, 3.05) is 17.3 Å². The van der Waals surface area contributed by atoms with Crippen molar-refractivity contribution >= 4 is 34.8 Å². The van der Waals surface area contributed by atoms with Gasteiger partial charge in [-0.25, -0.2) is 13.7 Å². The average Bonchev–Trinajstić information content (AvgIpc) is 2.85. The number of thioether (sulfide) groups is 1. The van der Waals surface area contributed by atoms with E-state index < -0.39 is 23.4 Å². The smallest absolute Gasteiger partial charge is 0.272 e. The van der Waals surface area contributed by atoms with E-state index in [1.165, 1.54) is 42.5 Å². The monoisotopic (exact) mass is 361 g/mol. The predicted molar refractivity (Wildman–Crippen MR) is 91.8 cm³/mol. The number of amides is 2. The zero-order valence-corrected chi connectivity index (χ0v) is 13.7. The fraction of sp³-hybridized carbons (Fsp3) is 0.111. The van der Waals surface area contributed by atoms with Crippen LogP contribution in [0.1, 0.15) is 5.56 Å². The molecule has 4 nitrogen and oxygen atoms in total. The maximum Gasteiger partial charge on any atom is 0.272 e. The van der Waals surface area contributed by atoms with Crippen LogP contribution in [0.15, 0.2) is 53.4 Å². The first-order valence-electron chi connectivity index (χ1n) is 7.41. The third-order valence-electron chi connectivity index (χ3n) is 3.61. The summed E-state index contributed by atoms with van der Waals surface area (Å²) in [7, 11) is 0. The molecule has 25 heavy (non-hydrogen) atoms. The first-order valence-corrected chi connectivity index (χ1v) is 8.40. The lowest BCUT2D eigenvalue weighted by atomic mass is 10.1. The van der Waals surface area contributed by atoms with Gasteiger partial charge in [-0.1, -0.05) is 24.3 Å². The van der Waals surface area contributed by atoms with E-state index in [2.05, 4.69) is 0 Å². The van der Waals surface area contributed by atoms with Gasteiger partial charge in [0.25, 0.3) is 11.8 Å². The molecule has 0 saturated heterocycles. The minimum atomic E-state index is -0.698. The number of para-hydroxylation sites is 1. The number of anilines is 1. The predicted octanol–water partition coefficient (Wildman–Crippen LogP) is 2.97. The van der Waals surface area contributed by atoms with E-state index in [-0.39, 0.29) is 28.5 Å². The normalized spacial score (nSPS) is 14.6. The highest BCUT2D eigenvalue weighted by Gasteiger charge is 2.41. The number of benzene rings is 2. The molecule has 1 aliphatic rings. The number of carbonyl (C=O) groups excluding carboxylic acids is 2. The van der Waals surface area contributed by atoms with Crippen LogP contribution < -0.4 is 4.90 Å². The number of hydrogen-bond donors (Lipinski definition) is 1. The number of carbonyl (C=O) groups is 2. The van der Waals surface area contributed by atoms with Gasteiger partial charge in [-0.3, -0.25) is 9.59 Å². The van der Waals surface area contributed by atoms with E-state index in [0.717, 1.165) is 22.7 Å². The Morgan fingerprint density at radius 1 is 0.960 bits per heavy atom. The van der Waals surface area contributed by atoms with E-state index in [1.807, 2.05) is 0 Å². The highest BCUT2D eigenvalue weighted by Crippen LogP contribution is 2.38. The lowest BCUT2D eigenvalue weighted by molar-refractivity contribution is -0.119. The molecule has 2 aromatic rings. The topological polar surface area (TPSA) is 57.6 Å². The molecule has 0 bridgehead atoms. The van der Waals surface area contributed by atoms with E-state index >= 15 is 0 Å². The van der Waals surface area contributed by atoms with Crippen LogP contribution in [-0.2, 0) is 9.59 Å². The molecular weight excluding hydrogens is 348 g/mol. The fourth-order valence-corrected chi connectivity index (χ4v) is 3.37. The number of imide groups is 1. The second kappa shape index (κ2) is 7.16. The number of rotatable bonds is 5. The molecule has 1 heterocycles. The van der Waals surface area contributed by atoms with Crippen LogP contribution in [0, 0.1) is 11.6 Å². The lowest BCUT2D eigenvalue weighted by Gasteiger charge is -2.15. The van der Waals surface area contributed by atoms with Gasteiger partial charge < -0.3 is 5.11 Å². The van der Waals surface area contributed by atoms with E-state index in [1.54, 1.807) is 0 Å². The second-order valence-corrected chi connectivity index (χ2v) is 6.29. The average molecular weight is 361 g/mol. The molecule has 2 aromatic carbocycles. The van der Waals surface area contributed by atoms with Gasteiger partial charge >= 0.3 is 0 Å². The van der Waals surface area contributed by atoms with Crippen molar-refractivity contribution in [3.8, 4) is 0 Å². The highest BCUT2D eigenvalue weighted by atomic mass is 32.2. The molecule has 1 N–H and O–H groups in total. The van der Waals surface area contributed by atoms with Crippen molar-refractivity contribution in [1.29, 1.82) is 0 Å². The van der Waals surface area contributed by atoms with Crippen LogP contribution >= 0.6 is 11.8 Å². The summed E-state index contributed by atoms with van der Waals surface area (Å²) in [6.45, 7) is -0.188. The van der Waals surface area contributed by atoms with Crippen molar-refractivity contribution in [2.24, 2.45) is 0 Å². The molecule has 0 radical (unpaired) electrons. The number of halogens is 2. The fourth-order valence-electron chi connectivity index (χ4n) is 2.51. The molecule has 3 rings (SSSR count). The largest absolute Gasteiger partial charge is 0.396 e. The summed E-state index contributed by atoms with van der Waals surface area (Å²) in [6, 6.07) is 10.6. The quantitative estimate of drug-likeness (QED) is 0.832. The van der Waals surface area contributed by atoms with Crippen molar-refractivity contribution < 1.29 is 23.5 Å². The molecular formula is C18H13F2NO3S. The molecule has 0 unspecified atom stereocenters. The SMILES string of the molecule is O=C1C(SCCO)=C(c2ccc(F)cc2)C(=O)N1c1ccccc1F. The van der Waals surface area contributed by atoms with E-state index in [9.17, 15) is 18.4 Å². The number of hydrogen-bond acceptors (Lipinski definition) is 4. The van der Waals surface area contributed by atoms with E-state index in [0.29, 0.717) is 5.56 Å². The highest BCUT2D eigenvalue weighted by molar-refractivity contribution is 8.04. The maximum absolute atomic E-state index is 14.1. The zero-order chi connectivity index (χ0) is 18.0. The standard InChI is InChI=1S/C18H13F2NO3S/c19-12-7-5-11(6-8-12)15-16(25-10-9-22)18(24)21(17(15)23)14-4-2-1-3-13(14)20/h1-8,22H,9-10H2. The minimum absolute atomic E-state index is 0.0757. The van der Waals surface area contributed by atoms with Crippen molar-refractivity contribution in [3.05, 3.63) is 70.6 Å². The Kier molecular flexibility index (Phi) is 4.96. The van der Waals surface area contributed by atoms with Gasteiger partial charge in [0.2, 0.25) is 0 Å². The van der Waals surface area contributed by atoms with Crippen molar-refractivity contribution in [2.45, 2.75) is 0 Å². The Bertz CT molecular complexity index is 865. The van der Waals surface area contributed by atoms with Gasteiger partial charge in [-0.05, 0) is 29.8 Å². The summed E-state index contributed by atoms with van der Waals surface area (Å²) < 4.78 is 27.3.